The Morgan fingerprint density at radius 2 is 2.19 bits per heavy atom. The second kappa shape index (κ2) is 4.98. The normalized spacial score (nSPS) is 34.5. The van der Waals surface area contributed by atoms with Crippen molar-refractivity contribution in [3.63, 3.8) is 0 Å². The highest BCUT2D eigenvalue weighted by Gasteiger charge is 2.47. The molecule has 1 saturated heterocycles. The summed E-state index contributed by atoms with van der Waals surface area (Å²) in [6.07, 6.45) is 10.2. The molecule has 0 aromatic rings. The fraction of sp³-hybridized carbons (Fsp3) is 0.722. The van der Waals surface area contributed by atoms with Crippen LogP contribution in [-0.2, 0) is 4.79 Å². The van der Waals surface area contributed by atoms with Crippen LogP contribution in [0.15, 0.2) is 23.3 Å². The highest BCUT2D eigenvalue weighted by Crippen LogP contribution is 2.58. The van der Waals surface area contributed by atoms with Crippen LogP contribution in [0.5, 0.6) is 0 Å². The summed E-state index contributed by atoms with van der Waals surface area (Å²) in [5.74, 6) is 0.256. The smallest absolute Gasteiger partial charge is 0.232 e. The van der Waals surface area contributed by atoms with E-state index in [1.54, 1.807) is 0 Å². The van der Waals surface area contributed by atoms with Gasteiger partial charge < -0.3 is 10.6 Å². The second-order valence-corrected chi connectivity index (χ2v) is 7.50. The van der Waals surface area contributed by atoms with Gasteiger partial charge in [-0.1, -0.05) is 24.6 Å². The Morgan fingerprint density at radius 3 is 2.67 bits per heavy atom. The number of carbonyl (C=O) groups excluding carboxylic acids is 1. The molecule has 2 N–H and O–H groups in total. The first-order chi connectivity index (χ1) is 9.90. The maximum Gasteiger partial charge on any atom is 0.232 e. The lowest BCUT2D eigenvalue weighted by Crippen LogP contribution is -2.42. The highest BCUT2D eigenvalue weighted by atomic mass is 16.2. The molecule has 1 heterocycles. The molecule has 3 heteroatoms. The average Bonchev–Trinajstić information content (AvgIpc) is 3.12. The Morgan fingerprint density at radius 1 is 1.48 bits per heavy atom. The molecule has 2 unspecified atom stereocenters. The molecular weight excluding hydrogens is 260 g/mol. The molecule has 2 fully saturated rings. The van der Waals surface area contributed by atoms with Gasteiger partial charge in [-0.15, -0.1) is 0 Å². The van der Waals surface area contributed by atoms with E-state index in [1.165, 1.54) is 30.4 Å². The molecule has 1 amide bonds. The molecule has 0 bridgehead atoms. The van der Waals surface area contributed by atoms with Gasteiger partial charge >= 0.3 is 0 Å². The zero-order chi connectivity index (χ0) is 15.3. The summed E-state index contributed by atoms with van der Waals surface area (Å²) in [6, 6.07) is 0.159. The molecule has 3 aliphatic rings. The van der Waals surface area contributed by atoms with Crippen molar-refractivity contribution >= 4 is 5.91 Å². The third-order valence-electron chi connectivity index (χ3n) is 5.79. The van der Waals surface area contributed by atoms with Gasteiger partial charge in [0.05, 0.1) is 5.41 Å². The van der Waals surface area contributed by atoms with E-state index in [0.29, 0.717) is 5.41 Å². The minimum absolute atomic E-state index is 0.159. The average molecular weight is 288 g/mol. The lowest BCUT2D eigenvalue weighted by atomic mass is 9.74. The molecule has 1 saturated carbocycles. The van der Waals surface area contributed by atoms with Gasteiger partial charge in [0, 0.05) is 19.1 Å². The van der Waals surface area contributed by atoms with Crippen LogP contribution < -0.4 is 5.73 Å². The Labute approximate surface area is 128 Å². The van der Waals surface area contributed by atoms with Crippen LogP contribution in [0.1, 0.15) is 52.9 Å². The van der Waals surface area contributed by atoms with E-state index >= 15 is 0 Å². The van der Waals surface area contributed by atoms with Crippen molar-refractivity contribution in [2.75, 3.05) is 13.1 Å². The van der Waals surface area contributed by atoms with Gasteiger partial charge in [-0.05, 0) is 56.9 Å². The highest BCUT2D eigenvalue weighted by molar-refractivity contribution is 5.85. The maximum absolute atomic E-state index is 12.9. The first kappa shape index (κ1) is 14.8. The summed E-state index contributed by atoms with van der Waals surface area (Å²) in [7, 11) is 0. The molecular formula is C18H28N2O. The lowest BCUT2D eigenvalue weighted by molar-refractivity contribution is -0.137. The molecule has 0 aromatic carbocycles. The third kappa shape index (κ3) is 2.46. The number of rotatable bonds is 3. The summed E-state index contributed by atoms with van der Waals surface area (Å²) in [4.78, 5) is 14.8. The number of hydrogen-bond acceptors (Lipinski definition) is 2. The van der Waals surface area contributed by atoms with Crippen molar-refractivity contribution in [1.82, 2.24) is 4.90 Å². The topological polar surface area (TPSA) is 46.3 Å². The van der Waals surface area contributed by atoms with Gasteiger partial charge in [0.2, 0.25) is 5.91 Å². The minimum atomic E-state index is -0.374. The summed E-state index contributed by atoms with van der Waals surface area (Å²) >= 11 is 0. The lowest BCUT2D eigenvalue weighted by Gasteiger charge is -2.34. The standard InChI is InChI=1S/C18H28N2O/c1-4-18(8-9-18)15-5-7-17(3,11-13(15)2)16(21)20-10-6-14(19)12-20/h5,11,14H,4,6-10,12,19H2,1-3H3. The minimum Gasteiger partial charge on any atom is -0.340 e. The summed E-state index contributed by atoms with van der Waals surface area (Å²) < 4.78 is 0. The molecule has 0 spiro atoms. The van der Waals surface area contributed by atoms with Crippen LogP contribution in [-0.4, -0.2) is 29.9 Å². The Kier molecular flexibility index (Phi) is 3.52. The number of amides is 1. The van der Waals surface area contributed by atoms with E-state index in [-0.39, 0.29) is 17.4 Å². The van der Waals surface area contributed by atoms with Crippen LogP contribution in [0.25, 0.3) is 0 Å². The molecule has 0 radical (unpaired) electrons. The quantitative estimate of drug-likeness (QED) is 0.867. The van der Waals surface area contributed by atoms with Crippen molar-refractivity contribution in [2.45, 2.75) is 58.9 Å². The van der Waals surface area contributed by atoms with Crippen LogP contribution in [0, 0.1) is 10.8 Å². The van der Waals surface area contributed by atoms with Crippen LogP contribution in [0.4, 0.5) is 0 Å². The van der Waals surface area contributed by atoms with Gasteiger partial charge in [-0.25, -0.2) is 0 Å². The van der Waals surface area contributed by atoms with Gasteiger partial charge in [0.15, 0.2) is 0 Å². The predicted molar refractivity (Wildman–Crippen MR) is 85.7 cm³/mol. The fourth-order valence-electron chi connectivity index (χ4n) is 4.17. The van der Waals surface area contributed by atoms with E-state index in [4.69, 9.17) is 5.73 Å². The Balaban J connectivity index is 1.78. The number of carbonyl (C=O) groups is 1. The maximum atomic E-state index is 12.9. The molecule has 116 valence electrons. The van der Waals surface area contributed by atoms with Crippen LogP contribution in [0.2, 0.25) is 0 Å². The van der Waals surface area contributed by atoms with E-state index in [0.717, 1.165) is 25.9 Å². The Hall–Kier alpha value is -1.09. The van der Waals surface area contributed by atoms with E-state index in [9.17, 15) is 4.79 Å². The number of likely N-dealkylation sites (tertiary alicyclic amines) is 1. The number of allylic oxidation sites excluding steroid dienone is 3. The van der Waals surface area contributed by atoms with Crippen LogP contribution in [0.3, 0.4) is 0 Å². The van der Waals surface area contributed by atoms with E-state index < -0.39 is 0 Å². The first-order valence-electron chi connectivity index (χ1n) is 8.36. The third-order valence-corrected chi connectivity index (χ3v) is 5.79. The number of nitrogens with zero attached hydrogens (tertiary/aromatic N) is 1. The molecule has 2 atom stereocenters. The fourth-order valence-corrected chi connectivity index (χ4v) is 4.17. The molecule has 1 aliphatic heterocycles. The first-order valence-corrected chi connectivity index (χ1v) is 8.36. The van der Waals surface area contributed by atoms with Crippen molar-refractivity contribution in [3.05, 3.63) is 23.3 Å². The monoisotopic (exact) mass is 288 g/mol. The predicted octanol–water partition coefficient (Wildman–Crippen LogP) is 3.02. The summed E-state index contributed by atoms with van der Waals surface area (Å²) in [6.45, 7) is 8.09. The largest absolute Gasteiger partial charge is 0.340 e. The molecule has 3 rings (SSSR count). The van der Waals surface area contributed by atoms with Gasteiger partial charge in [-0.3, -0.25) is 4.79 Å². The molecule has 2 aliphatic carbocycles. The SMILES string of the molecule is CCC1(C2=CCC(C)(C(=O)N3CCC(N)C3)C=C2C)CC1. The van der Waals surface area contributed by atoms with Gasteiger partial charge in [0.25, 0.3) is 0 Å². The Bertz CT molecular complexity index is 515. The molecule has 21 heavy (non-hydrogen) atoms. The summed E-state index contributed by atoms with van der Waals surface area (Å²) in [5, 5.41) is 0. The van der Waals surface area contributed by atoms with E-state index in [2.05, 4.69) is 32.9 Å². The van der Waals surface area contributed by atoms with Crippen molar-refractivity contribution in [2.24, 2.45) is 16.6 Å². The molecule has 3 nitrogen and oxygen atoms in total. The van der Waals surface area contributed by atoms with Gasteiger partial charge in [-0.2, -0.15) is 0 Å². The number of nitrogens with two attached hydrogens (primary N) is 1. The number of hydrogen-bond donors (Lipinski definition) is 1. The van der Waals surface area contributed by atoms with E-state index in [1.807, 2.05) is 4.90 Å². The van der Waals surface area contributed by atoms with Crippen LogP contribution >= 0.6 is 0 Å². The second-order valence-electron chi connectivity index (χ2n) is 7.50. The zero-order valence-corrected chi connectivity index (χ0v) is 13.6. The zero-order valence-electron chi connectivity index (χ0n) is 13.6. The molecule has 0 aromatic heterocycles. The van der Waals surface area contributed by atoms with Crippen molar-refractivity contribution in [3.8, 4) is 0 Å². The van der Waals surface area contributed by atoms with Crippen molar-refractivity contribution < 1.29 is 4.79 Å². The van der Waals surface area contributed by atoms with Crippen molar-refractivity contribution in [1.29, 1.82) is 0 Å². The van der Waals surface area contributed by atoms with Gasteiger partial charge in [0.1, 0.15) is 0 Å². The summed E-state index contributed by atoms with van der Waals surface area (Å²) in [5.41, 5.74) is 8.83.